The topological polar surface area (TPSA) is 46.5 Å². The predicted molar refractivity (Wildman–Crippen MR) is 89.7 cm³/mol. The summed E-state index contributed by atoms with van der Waals surface area (Å²) in [6, 6.07) is 15.0. The van der Waals surface area contributed by atoms with Gasteiger partial charge >= 0.3 is 0 Å². The van der Waals surface area contributed by atoms with E-state index in [1.807, 2.05) is 36.4 Å². The fourth-order valence-corrected chi connectivity index (χ4v) is 3.10. The number of aromatic hydroxyl groups is 1. The van der Waals surface area contributed by atoms with Crippen molar-refractivity contribution in [2.24, 2.45) is 0 Å². The Balaban J connectivity index is 1.98. The van der Waals surface area contributed by atoms with Crippen LogP contribution in [0.15, 0.2) is 60.2 Å². The molecule has 0 aliphatic carbocycles. The molecule has 0 saturated carbocycles. The molecule has 2 aromatic rings. The van der Waals surface area contributed by atoms with Gasteiger partial charge in [0.15, 0.2) is 11.5 Å². The highest BCUT2D eigenvalue weighted by Gasteiger charge is 2.21. The summed E-state index contributed by atoms with van der Waals surface area (Å²) in [4.78, 5) is 13.1. The molecule has 22 heavy (non-hydrogen) atoms. The minimum atomic E-state index is -0.0268. The van der Waals surface area contributed by atoms with Gasteiger partial charge in [-0.15, -0.1) is 0 Å². The molecule has 1 aliphatic heterocycles. The zero-order valence-corrected chi connectivity index (χ0v) is 12.8. The van der Waals surface area contributed by atoms with Crippen LogP contribution < -0.4 is 4.74 Å². The number of thioether (sulfide) groups is 1. The van der Waals surface area contributed by atoms with Crippen LogP contribution in [-0.2, 0) is 4.79 Å². The Morgan fingerprint density at radius 2 is 1.86 bits per heavy atom. The number of methoxy groups -OCH3 is 1. The number of rotatable bonds is 3. The lowest BCUT2D eigenvalue weighted by molar-refractivity contribution is -0.107. The van der Waals surface area contributed by atoms with Crippen LogP contribution in [0.3, 0.4) is 0 Å². The summed E-state index contributed by atoms with van der Waals surface area (Å²) < 4.78 is 5.08. The Labute approximate surface area is 132 Å². The summed E-state index contributed by atoms with van der Waals surface area (Å²) in [5.74, 6) is 0.427. The van der Waals surface area contributed by atoms with Crippen molar-refractivity contribution >= 4 is 27.9 Å². The molecule has 1 aliphatic rings. The summed E-state index contributed by atoms with van der Waals surface area (Å²) in [6.07, 6.45) is 3.53. The molecule has 0 spiro atoms. The van der Waals surface area contributed by atoms with Crippen LogP contribution in [0.25, 0.3) is 11.0 Å². The van der Waals surface area contributed by atoms with Crippen molar-refractivity contribution in [3.05, 3.63) is 71.3 Å². The summed E-state index contributed by atoms with van der Waals surface area (Å²) >= 11 is 1.20. The maximum absolute atomic E-state index is 12.2. The molecule has 0 radical (unpaired) electrons. The molecule has 3 nitrogen and oxygen atoms in total. The summed E-state index contributed by atoms with van der Waals surface area (Å²) in [5.41, 5.74) is 2.14. The van der Waals surface area contributed by atoms with E-state index in [1.165, 1.54) is 18.9 Å². The molecule has 0 saturated heterocycles. The van der Waals surface area contributed by atoms with Crippen LogP contribution in [-0.4, -0.2) is 17.3 Å². The monoisotopic (exact) mass is 310 g/mol. The number of hydrogen-bond acceptors (Lipinski definition) is 4. The van der Waals surface area contributed by atoms with Crippen LogP contribution in [0.4, 0.5) is 0 Å². The smallest absolute Gasteiger partial charge is 0.224 e. The van der Waals surface area contributed by atoms with Gasteiger partial charge in [-0.05, 0) is 35.5 Å². The Kier molecular flexibility index (Phi) is 4.02. The van der Waals surface area contributed by atoms with E-state index in [1.54, 1.807) is 24.3 Å². The van der Waals surface area contributed by atoms with E-state index in [4.69, 9.17) is 4.74 Å². The Hall–Kier alpha value is -2.46. The number of allylic oxidation sites excluding steroid dienone is 1. The average Bonchev–Trinajstić information content (AvgIpc) is 2.91. The van der Waals surface area contributed by atoms with Crippen molar-refractivity contribution < 1.29 is 14.6 Å². The molecular weight excluding hydrogens is 296 g/mol. The molecule has 1 heterocycles. The van der Waals surface area contributed by atoms with Crippen molar-refractivity contribution in [1.82, 2.24) is 0 Å². The normalized spacial score (nSPS) is 16.0. The highest BCUT2D eigenvalue weighted by atomic mass is 32.2. The number of hydrogen-bond donors (Lipinski definition) is 1. The first kappa shape index (κ1) is 14.5. The lowest BCUT2D eigenvalue weighted by Gasteiger charge is -2.05. The van der Waals surface area contributed by atoms with Gasteiger partial charge in [0.2, 0.25) is 5.12 Å². The molecule has 0 atom stereocenters. The standard InChI is InChI=1S/C18H14O3S/c1-21-15-9-5-8-13(17(15)19)10-14-11-16(22-18(14)20)12-6-3-2-4-7-12/h2-11,19H,1H3. The van der Waals surface area contributed by atoms with E-state index < -0.39 is 0 Å². The molecule has 1 N–H and O–H groups in total. The third-order valence-electron chi connectivity index (χ3n) is 3.34. The van der Waals surface area contributed by atoms with Gasteiger partial charge in [-0.1, -0.05) is 42.5 Å². The van der Waals surface area contributed by atoms with Crippen LogP contribution in [0.2, 0.25) is 0 Å². The maximum Gasteiger partial charge on any atom is 0.224 e. The second-order valence-electron chi connectivity index (χ2n) is 4.76. The third-order valence-corrected chi connectivity index (χ3v) is 4.34. The van der Waals surface area contributed by atoms with Gasteiger partial charge < -0.3 is 9.84 Å². The van der Waals surface area contributed by atoms with E-state index in [0.717, 1.165) is 10.5 Å². The maximum atomic E-state index is 12.2. The number of phenols is 1. The minimum Gasteiger partial charge on any atom is -0.504 e. The number of phenolic OH excluding ortho intramolecular Hbond substituents is 1. The average molecular weight is 310 g/mol. The molecular formula is C18H14O3S. The Bertz CT molecular complexity index is 776. The highest BCUT2D eigenvalue weighted by molar-refractivity contribution is 8.22. The number of benzene rings is 2. The summed E-state index contributed by atoms with van der Waals surface area (Å²) in [7, 11) is 1.50. The van der Waals surface area contributed by atoms with Crippen molar-refractivity contribution in [2.45, 2.75) is 0 Å². The van der Waals surface area contributed by atoms with E-state index in [2.05, 4.69) is 0 Å². The third kappa shape index (κ3) is 2.78. The van der Waals surface area contributed by atoms with E-state index in [9.17, 15) is 9.90 Å². The van der Waals surface area contributed by atoms with E-state index in [-0.39, 0.29) is 10.9 Å². The molecule has 110 valence electrons. The van der Waals surface area contributed by atoms with Gasteiger partial charge in [0, 0.05) is 16.0 Å². The molecule has 4 heteroatoms. The van der Waals surface area contributed by atoms with Crippen LogP contribution >= 0.6 is 11.8 Å². The molecule has 0 aromatic heterocycles. The fraction of sp³-hybridized carbons (Fsp3) is 0.0556. The second-order valence-corrected chi connectivity index (χ2v) is 5.78. The van der Waals surface area contributed by atoms with Gasteiger partial charge in [-0.2, -0.15) is 0 Å². The largest absolute Gasteiger partial charge is 0.504 e. The zero-order chi connectivity index (χ0) is 15.5. The van der Waals surface area contributed by atoms with Crippen LogP contribution in [0.5, 0.6) is 11.5 Å². The molecule has 0 bridgehead atoms. The molecule has 0 unspecified atom stereocenters. The zero-order valence-electron chi connectivity index (χ0n) is 11.9. The quantitative estimate of drug-likeness (QED) is 0.867. The second kappa shape index (κ2) is 6.12. The molecule has 0 amide bonds. The van der Waals surface area contributed by atoms with Crippen molar-refractivity contribution in [2.75, 3.05) is 7.11 Å². The number of para-hydroxylation sites is 1. The SMILES string of the molecule is COc1cccc(C=C2C=C(c3ccccc3)SC2=O)c1O. The first-order valence-electron chi connectivity index (χ1n) is 6.76. The summed E-state index contributed by atoms with van der Waals surface area (Å²) in [5, 5.41) is 10.1. The number of carbonyl (C=O) groups excluding carboxylic acids is 1. The van der Waals surface area contributed by atoms with Gasteiger partial charge in [0.1, 0.15) is 0 Å². The van der Waals surface area contributed by atoms with Gasteiger partial charge in [-0.25, -0.2) is 0 Å². The van der Waals surface area contributed by atoms with Gasteiger partial charge in [0.05, 0.1) is 7.11 Å². The van der Waals surface area contributed by atoms with Crippen molar-refractivity contribution in [1.29, 1.82) is 0 Å². The predicted octanol–water partition coefficient (Wildman–Crippen LogP) is 4.10. The van der Waals surface area contributed by atoms with Crippen molar-refractivity contribution in [3.63, 3.8) is 0 Å². The highest BCUT2D eigenvalue weighted by Crippen LogP contribution is 2.39. The Morgan fingerprint density at radius 3 is 2.59 bits per heavy atom. The van der Waals surface area contributed by atoms with E-state index in [0.29, 0.717) is 16.9 Å². The molecule has 3 rings (SSSR count). The fourth-order valence-electron chi connectivity index (χ4n) is 2.22. The van der Waals surface area contributed by atoms with Gasteiger partial charge in [0.25, 0.3) is 0 Å². The first-order chi connectivity index (χ1) is 10.7. The molecule has 0 fully saturated rings. The first-order valence-corrected chi connectivity index (χ1v) is 7.57. The number of ether oxygens (including phenoxy) is 1. The summed E-state index contributed by atoms with van der Waals surface area (Å²) in [6.45, 7) is 0. The molecule has 2 aromatic carbocycles. The van der Waals surface area contributed by atoms with Crippen molar-refractivity contribution in [3.8, 4) is 11.5 Å². The van der Waals surface area contributed by atoms with Crippen LogP contribution in [0.1, 0.15) is 11.1 Å². The number of carbonyl (C=O) groups is 1. The van der Waals surface area contributed by atoms with Gasteiger partial charge in [-0.3, -0.25) is 4.79 Å². The lowest BCUT2D eigenvalue weighted by atomic mass is 10.1. The lowest BCUT2D eigenvalue weighted by Crippen LogP contribution is -1.89. The minimum absolute atomic E-state index is 0.0268. The Morgan fingerprint density at radius 1 is 1.09 bits per heavy atom. The van der Waals surface area contributed by atoms with Crippen LogP contribution in [0, 0.1) is 0 Å². The van der Waals surface area contributed by atoms with E-state index >= 15 is 0 Å².